The fourth-order valence-corrected chi connectivity index (χ4v) is 2.59. The van der Waals surface area contributed by atoms with Gasteiger partial charge in [0.15, 0.2) is 0 Å². The lowest BCUT2D eigenvalue weighted by atomic mass is 9.94. The Morgan fingerprint density at radius 2 is 2.26 bits per heavy atom. The maximum atomic E-state index is 5.84. The first-order chi connectivity index (χ1) is 9.35. The molecule has 2 atom stereocenters. The Morgan fingerprint density at radius 3 is 2.95 bits per heavy atom. The van der Waals surface area contributed by atoms with Crippen molar-refractivity contribution in [2.24, 2.45) is 11.8 Å². The SMILES string of the molecule is NNC(CC1CCOC1)c1cccc(OC2CC2)c1. The van der Waals surface area contributed by atoms with Crippen LogP contribution in [0.15, 0.2) is 24.3 Å². The van der Waals surface area contributed by atoms with Crippen LogP contribution in [-0.4, -0.2) is 19.3 Å². The zero-order chi connectivity index (χ0) is 13.1. The van der Waals surface area contributed by atoms with Gasteiger partial charge in [0.05, 0.1) is 6.10 Å². The van der Waals surface area contributed by atoms with E-state index in [9.17, 15) is 0 Å². The number of hydrazine groups is 1. The number of benzene rings is 1. The van der Waals surface area contributed by atoms with Gasteiger partial charge in [0, 0.05) is 19.3 Å². The average Bonchev–Trinajstić information content (AvgIpc) is 3.09. The van der Waals surface area contributed by atoms with E-state index in [0.717, 1.165) is 31.8 Å². The number of ether oxygens (including phenoxy) is 2. The number of nitrogens with two attached hydrogens (primary N) is 1. The lowest BCUT2D eigenvalue weighted by Crippen LogP contribution is -2.29. The second-order valence-corrected chi connectivity index (χ2v) is 5.57. The summed E-state index contributed by atoms with van der Waals surface area (Å²) in [5, 5.41) is 0. The first kappa shape index (κ1) is 12.9. The molecule has 2 fully saturated rings. The lowest BCUT2D eigenvalue weighted by molar-refractivity contribution is 0.181. The predicted molar refractivity (Wildman–Crippen MR) is 73.7 cm³/mol. The molecule has 1 saturated heterocycles. The summed E-state index contributed by atoms with van der Waals surface area (Å²) in [5.41, 5.74) is 4.13. The molecule has 1 saturated carbocycles. The van der Waals surface area contributed by atoms with Gasteiger partial charge in [0.1, 0.15) is 5.75 Å². The normalized spacial score (nSPS) is 24.4. The van der Waals surface area contributed by atoms with E-state index in [1.807, 2.05) is 12.1 Å². The van der Waals surface area contributed by atoms with Crippen molar-refractivity contribution in [1.29, 1.82) is 0 Å². The quantitative estimate of drug-likeness (QED) is 0.609. The second-order valence-electron chi connectivity index (χ2n) is 5.57. The molecule has 0 bridgehead atoms. The highest BCUT2D eigenvalue weighted by atomic mass is 16.5. The fraction of sp³-hybridized carbons (Fsp3) is 0.600. The maximum Gasteiger partial charge on any atom is 0.120 e. The largest absolute Gasteiger partial charge is 0.490 e. The highest BCUT2D eigenvalue weighted by molar-refractivity contribution is 5.31. The molecule has 0 radical (unpaired) electrons. The highest BCUT2D eigenvalue weighted by Crippen LogP contribution is 2.30. The van der Waals surface area contributed by atoms with E-state index in [0.29, 0.717) is 12.0 Å². The van der Waals surface area contributed by atoms with E-state index in [4.69, 9.17) is 15.3 Å². The van der Waals surface area contributed by atoms with Crippen LogP contribution in [0.5, 0.6) is 5.75 Å². The summed E-state index contributed by atoms with van der Waals surface area (Å²) in [6.07, 6.45) is 4.95. The van der Waals surface area contributed by atoms with E-state index in [1.54, 1.807) is 0 Å². The van der Waals surface area contributed by atoms with Gasteiger partial charge >= 0.3 is 0 Å². The standard InChI is InChI=1S/C15H22N2O2/c16-17-15(8-11-6-7-18-10-11)12-2-1-3-14(9-12)19-13-4-5-13/h1-3,9,11,13,15,17H,4-8,10,16H2. The van der Waals surface area contributed by atoms with E-state index in [-0.39, 0.29) is 6.04 Å². The van der Waals surface area contributed by atoms with Crippen molar-refractivity contribution in [3.05, 3.63) is 29.8 Å². The third kappa shape index (κ3) is 3.47. The van der Waals surface area contributed by atoms with Crippen molar-refractivity contribution in [2.45, 2.75) is 37.8 Å². The van der Waals surface area contributed by atoms with E-state index in [2.05, 4.69) is 17.6 Å². The molecule has 104 valence electrons. The van der Waals surface area contributed by atoms with Gasteiger partial charge in [0.25, 0.3) is 0 Å². The Balaban J connectivity index is 1.66. The fourth-order valence-electron chi connectivity index (χ4n) is 2.59. The van der Waals surface area contributed by atoms with Crippen LogP contribution in [-0.2, 0) is 4.74 Å². The minimum absolute atomic E-state index is 0.175. The zero-order valence-electron chi connectivity index (χ0n) is 11.2. The molecule has 0 aromatic heterocycles. The van der Waals surface area contributed by atoms with Gasteiger partial charge in [-0.05, 0) is 49.3 Å². The summed E-state index contributed by atoms with van der Waals surface area (Å²) < 4.78 is 11.3. The monoisotopic (exact) mass is 262 g/mol. The Bertz CT molecular complexity index is 414. The number of hydrogen-bond donors (Lipinski definition) is 2. The van der Waals surface area contributed by atoms with Crippen LogP contribution in [0.25, 0.3) is 0 Å². The molecule has 1 aromatic rings. The maximum absolute atomic E-state index is 5.84. The predicted octanol–water partition coefficient (Wildman–Crippen LogP) is 2.16. The molecule has 1 heterocycles. The van der Waals surface area contributed by atoms with Crippen molar-refractivity contribution in [1.82, 2.24) is 5.43 Å². The Morgan fingerprint density at radius 1 is 1.37 bits per heavy atom. The molecule has 4 nitrogen and oxygen atoms in total. The average molecular weight is 262 g/mol. The van der Waals surface area contributed by atoms with Crippen molar-refractivity contribution in [3.8, 4) is 5.75 Å². The highest BCUT2D eigenvalue weighted by Gasteiger charge is 2.24. The Labute approximate surface area is 114 Å². The molecule has 2 unspecified atom stereocenters. The third-order valence-electron chi connectivity index (χ3n) is 3.88. The number of rotatable bonds is 6. The van der Waals surface area contributed by atoms with Gasteiger partial charge in [-0.2, -0.15) is 0 Å². The Hall–Kier alpha value is -1.10. The molecule has 3 rings (SSSR count). The van der Waals surface area contributed by atoms with Crippen LogP contribution in [0.4, 0.5) is 0 Å². The van der Waals surface area contributed by atoms with E-state index < -0.39 is 0 Å². The minimum atomic E-state index is 0.175. The van der Waals surface area contributed by atoms with Crippen molar-refractivity contribution < 1.29 is 9.47 Å². The van der Waals surface area contributed by atoms with Crippen LogP contribution in [0.3, 0.4) is 0 Å². The summed E-state index contributed by atoms with van der Waals surface area (Å²) in [7, 11) is 0. The van der Waals surface area contributed by atoms with Crippen molar-refractivity contribution in [2.75, 3.05) is 13.2 Å². The van der Waals surface area contributed by atoms with Crippen LogP contribution in [0.1, 0.15) is 37.3 Å². The molecule has 2 aliphatic rings. The molecule has 3 N–H and O–H groups in total. The van der Waals surface area contributed by atoms with Crippen LogP contribution >= 0.6 is 0 Å². The topological polar surface area (TPSA) is 56.5 Å². The van der Waals surface area contributed by atoms with Crippen molar-refractivity contribution >= 4 is 0 Å². The molecule has 19 heavy (non-hydrogen) atoms. The van der Waals surface area contributed by atoms with Crippen LogP contribution in [0.2, 0.25) is 0 Å². The number of hydrogen-bond acceptors (Lipinski definition) is 4. The lowest BCUT2D eigenvalue weighted by Gasteiger charge is -2.20. The molecule has 1 aliphatic heterocycles. The van der Waals surface area contributed by atoms with Crippen LogP contribution in [0, 0.1) is 5.92 Å². The first-order valence-electron chi connectivity index (χ1n) is 7.15. The van der Waals surface area contributed by atoms with Crippen molar-refractivity contribution in [3.63, 3.8) is 0 Å². The van der Waals surface area contributed by atoms with E-state index in [1.165, 1.54) is 18.4 Å². The molecule has 4 heteroatoms. The van der Waals surface area contributed by atoms with Gasteiger partial charge in [-0.15, -0.1) is 0 Å². The molecular weight excluding hydrogens is 240 g/mol. The molecule has 0 amide bonds. The van der Waals surface area contributed by atoms with Gasteiger partial charge in [0.2, 0.25) is 0 Å². The number of nitrogens with one attached hydrogen (secondary N) is 1. The second kappa shape index (κ2) is 5.90. The van der Waals surface area contributed by atoms with Gasteiger partial charge in [-0.1, -0.05) is 12.1 Å². The van der Waals surface area contributed by atoms with E-state index >= 15 is 0 Å². The third-order valence-corrected chi connectivity index (χ3v) is 3.88. The summed E-state index contributed by atoms with van der Waals surface area (Å²) in [4.78, 5) is 0. The summed E-state index contributed by atoms with van der Waals surface area (Å²) >= 11 is 0. The Kier molecular flexibility index (Phi) is 4.01. The first-order valence-corrected chi connectivity index (χ1v) is 7.15. The molecule has 1 aliphatic carbocycles. The minimum Gasteiger partial charge on any atom is -0.490 e. The zero-order valence-corrected chi connectivity index (χ0v) is 11.2. The van der Waals surface area contributed by atoms with Crippen LogP contribution < -0.4 is 16.0 Å². The van der Waals surface area contributed by atoms with Gasteiger partial charge in [-0.3, -0.25) is 11.3 Å². The molecule has 0 spiro atoms. The summed E-state index contributed by atoms with van der Waals surface area (Å²) in [6, 6.07) is 8.46. The summed E-state index contributed by atoms with van der Waals surface area (Å²) in [5.74, 6) is 7.28. The molecular formula is C15H22N2O2. The smallest absolute Gasteiger partial charge is 0.120 e. The van der Waals surface area contributed by atoms with Gasteiger partial charge < -0.3 is 9.47 Å². The molecule has 1 aromatic carbocycles. The summed E-state index contributed by atoms with van der Waals surface area (Å²) in [6.45, 7) is 1.74. The van der Waals surface area contributed by atoms with Gasteiger partial charge in [-0.25, -0.2) is 0 Å².